The fourth-order valence-electron chi connectivity index (χ4n) is 10.6. The molecule has 3 aromatic rings. The van der Waals surface area contributed by atoms with Gasteiger partial charge in [-0.25, -0.2) is 0 Å². The summed E-state index contributed by atoms with van der Waals surface area (Å²) < 4.78 is 13.1. The molecule has 6 nitrogen and oxygen atoms in total. The van der Waals surface area contributed by atoms with Gasteiger partial charge in [0.25, 0.3) is 0 Å². The number of benzene rings is 3. The summed E-state index contributed by atoms with van der Waals surface area (Å²) in [5.74, 6) is 2.66. The molecule has 2 bridgehead atoms. The number of rotatable bonds is 19. The third-order valence-corrected chi connectivity index (χ3v) is 12.9. The van der Waals surface area contributed by atoms with Gasteiger partial charge in [0.1, 0.15) is 11.9 Å². The lowest BCUT2D eigenvalue weighted by atomic mass is 9.51. The SMILES string of the molecule is COc1ccc2c3c1O[C@H]1[C@H](N(CCCc4ccccc4)C(=O)CCCCCCCCCCc4ccccc4)CC[C@H]4[C@@H](C2)N(CC(C)=O)CC[C@@]341. The Balaban J connectivity index is 1.01. The Bertz CT molecular complexity index is 1640. The minimum Gasteiger partial charge on any atom is -0.493 e. The van der Waals surface area contributed by atoms with Crippen LogP contribution < -0.4 is 9.47 Å². The largest absolute Gasteiger partial charge is 0.493 e. The van der Waals surface area contributed by atoms with Gasteiger partial charge in [-0.1, -0.05) is 105 Å². The Labute approximate surface area is 312 Å². The maximum absolute atomic E-state index is 14.4. The number of methoxy groups -OCH3 is 1. The van der Waals surface area contributed by atoms with Crippen LogP contribution in [0.4, 0.5) is 0 Å². The van der Waals surface area contributed by atoms with Crippen molar-refractivity contribution in [1.29, 1.82) is 0 Å². The molecule has 1 saturated carbocycles. The van der Waals surface area contributed by atoms with Crippen LogP contribution in [0.25, 0.3) is 0 Å². The van der Waals surface area contributed by atoms with Gasteiger partial charge in [-0.3, -0.25) is 14.5 Å². The van der Waals surface area contributed by atoms with E-state index in [0.717, 1.165) is 76.0 Å². The number of carbonyl (C=O) groups is 2. The summed E-state index contributed by atoms with van der Waals surface area (Å²) in [6.07, 6.45) is 17.2. The monoisotopic (exact) mass is 704 g/mol. The molecule has 2 aliphatic heterocycles. The van der Waals surface area contributed by atoms with Crippen LogP contribution in [0.15, 0.2) is 72.8 Å². The van der Waals surface area contributed by atoms with E-state index in [1.807, 2.05) is 0 Å². The maximum atomic E-state index is 14.4. The second kappa shape index (κ2) is 17.0. The second-order valence-electron chi connectivity index (χ2n) is 16.1. The van der Waals surface area contributed by atoms with Gasteiger partial charge in [0.2, 0.25) is 5.91 Å². The molecule has 6 heteroatoms. The van der Waals surface area contributed by atoms with E-state index in [0.29, 0.717) is 30.8 Å². The van der Waals surface area contributed by atoms with Crippen molar-refractivity contribution < 1.29 is 19.1 Å². The number of aryl methyl sites for hydroxylation is 2. The second-order valence-corrected chi connectivity index (χ2v) is 16.1. The number of unbranched alkanes of at least 4 members (excludes halogenated alkanes) is 7. The van der Waals surface area contributed by atoms with Crippen molar-refractivity contribution in [2.24, 2.45) is 5.92 Å². The Morgan fingerprint density at radius 3 is 2.15 bits per heavy atom. The standard InChI is InChI=1S/C46H60N2O4/c1-34(49)33-47-31-29-46-38-26-27-39(45(46)52-44-41(51-2)28-25-37(43(44)46)32-40(38)47)48(30-17-23-36-21-14-10-15-22-36)42(50)24-16-8-6-4-3-5-7-11-18-35-19-12-9-13-20-35/h9-10,12-15,19-22,25,28,38-40,45H,3-8,11,16-18,23-24,26-27,29-33H2,1-2H3/t38-,39+,40+,45-,46-/m0/s1. The molecular weight excluding hydrogens is 645 g/mol. The van der Waals surface area contributed by atoms with Crippen LogP contribution in [0.2, 0.25) is 0 Å². The van der Waals surface area contributed by atoms with Gasteiger partial charge >= 0.3 is 0 Å². The van der Waals surface area contributed by atoms with Crippen molar-refractivity contribution >= 4 is 11.7 Å². The zero-order valence-electron chi connectivity index (χ0n) is 31.7. The summed E-state index contributed by atoms with van der Waals surface area (Å²) in [6, 6.07) is 26.1. The molecule has 4 aliphatic rings. The van der Waals surface area contributed by atoms with Crippen LogP contribution in [-0.4, -0.2) is 66.4 Å². The molecule has 0 radical (unpaired) electrons. The van der Waals surface area contributed by atoms with Crippen LogP contribution in [0.3, 0.4) is 0 Å². The summed E-state index contributed by atoms with van der Waals surface area (Å²) in [4.78, 5) is 31.5. The number of nitrogens with zero attached hydrogens (tertiary/aromatic N) is 2. The molecule has 7 rings (SSSR count). The van der Waals surface area contributed by atoms with Crippen molar-refractivity contribution in [3.8, 4) is 11.5 Å². The number of piperidine rings is 1. The number of amides is 1. The summed E-state index contributed by atoms with van der Waals surface area (Å²) in [6.45, 7) is 3.87. The van der Waals surface area contributed by atoms with E-state index in [1.165, 1.54) is 67.2 Å². The van der Waals surface area contributed by atoms with Gasteiger partial charge in [0.05, 0.1) is 19.7 Å². The highest BCUT2D eigenvalue weighted by molar-refractivity contribution is 5.78. The van der Waals surface area contributed by atoms with Crippen LogP contribution in [-0.2, 0) is 34.3 Å². The lowest BCUT2D eigenvalue weighted by Gasteiger charge is -2.60. The van der Waals surface area contributed by atoms with Gasteiger partial charge in [-0.2, -0.15) is 0 Å². The zero-order chi connectivity index (χ0) is 35.9. The first-order valence-electron chi connectivity index (χ1n) is 20.5. The Hall–Kier alpha value is -3.64. The first-order valence-corrected chi connectivity index (χ1v) is 20.5. The van der Waals surface area contributed by atoms with Gasteiger partial charge in [-0.05, 0) is 99.9 Å². The van der Waals surface area contributed by atoms with E-state index in [1.54, 1.807) is 14.0 Å². The quantitative estimate of drug-likeness (QED) is 0.117. The molecule has 2 fully saturated rings. The molecule has 278 valence electrons. The Morgan fingerprint density at radius 2 is 1.48 bits per heavy atom. The molecule has 0 aromatic heterocycles. The average molecular weight is 705 g/mol. The smallest absolute Gasteiger partial charge is 0.222 e. The Morgan fingerprint density at radius 1 is 0.827 bits per heavy atom. The van der Waals surface area contributed by atoms with Crippen LogP contribution in [0.5, 0.6) is 11.5 Å². The third kappa shape index (κ3) is 7.69. The number of carbonyl (C=O) groups excluding carboxylic acids is 2. The molecular formula is C46H60N2O4. The van der Waals surface area contributed by atoms with Gasteiger partial charge in [0.15, 0.2) is 11.5 Å². The van der Waals surface area contributed by atoms with Gasteiger partial charge in [-0.15, -0.1) is 0 Å². The summed E-state index contributed by atoms with van der Waals surface area (Å²) in [5.41, 5.74) is 5.30. The topological polar surface area (TPSA) is 59.1 Å². The first-order chi connectivity index (χ1) is 25.5. The van der Waals surface area contributed by atoms with E-state index in [4.69, 9.17) is 9.47 Å². The van der Waals surface area contributed by atoms with E-state index >= 15 is 0 Å². The van der Waals surface area contributed by atoms with Crippen molar-refractivity contribution in [2.75, 3.05) is 26.7 Å². The maximum Gasteiger partial charge on any atom is 0.222 e. The predicted molar refractivity (Wildman–Crippen MR) is 208 cm³/mol. The predicted octanol–water partition coefficient (Wildman–Crippen LogP) is 8.91. The van der Waals surface area contributed by atoms with Crippen LogP contribution >= 0.6 is 0 Å². The molecule has 2 aliphatic carbocycles. The molecule has 1 spiro atoms. The molecule has 0 unspecified atom stereocenters. The summed E-state index contributed by atoms with van der Waals surface area (Å²) >= 11 is 0. The Kier molecular flexibility index (Phi) is 12.0. The fourth-order valence-corrected chi connectivity index (χ4v) is 10.6. The molecule has 5 atom stereocenters. The van der Waals surface area contributed by atoms with E-state index < -0.39 is 0 Å². The number of ether oxygens (including phenoxy) is 2. The van der Waals surface area contributed by atoms with Gasteiger partial charge < -0.3 is 14.4 Å². The highest BCUT2D eigenvalue weighted by Gasteiger charge is 2.66. The number of Topliss-reactive ketones (excluding diaryl/α,β-unsaturated/α-hetero) is 1. The lowest BCUT2D eigenvalue weighted by Crippen LogP contribution is -2.69. The van der Waals surface area contributed by atoms with Crippen molar-refractivity contribution in [3.63, 3.8) is 0 Å². The van der Waals surface area contributed by atoms with Crippen molar-refractivity contribution in [2.45, 2.75) is 133 Å². The summed E-state index contributed by atoms with van der Waals surface area (Å²) in [5, 5.41) is 0. The van der Waals surface area contributed by atoms with Crippen LogP contribution in [0.1, 0.15) is 113 Å². The van der Waals surface area contributed by atoms with E-state index in [2.05, 4.69) is 82.6 Å². The van der Waals surface area contributed by atoms with Crippen LogP contribution in [0, 0.1) is 5.92 Å². The molecule has 0 N–H and O–H groups in total. The van der Waals surface area contributed by atoms with Crippen molar-refractivity contribution in [3.05, 3.63) is 95.1 Å². The van der Waals surface area contributed by atoms with Crippen molar-refractivity contribution in [1.82, 2.24) is 9.80 Å². The molecule has 1 amide bonds. The lowest BCUT2D eigenvalue weighted by molar-refractivity contribution is -0.143. The van der Waals surface area contributed by atoms with E-state index in [9.17, 15) is 9.59 Å². The minimum atomic E-state index is -0.155. The normalized spacial score (nSPS) is 24.2. The highest BCUT2D eigenvalue weighted by Crippen LogP contribution is 2.64. The minimum absolute atomic E-state index is 0.0264. The summed E-state index contributed by atoms with van der Waals surface area (Å²) in [7, 11) is 1.74. The number of likely N-dealkylation sites (tertiary alicyclic amines) is 1. The highest BCUT2D eigenvalue weighted by atomic mass is 16.5. The molecule has 2 heterocycles. The third-order valence-electron chi connectivity index (χ3n) is 12.9. The zero-order valence-corrected chi connectivity index (χ0v) is 31.7. The number of ketones is 1. The first kappa shape index (κ1) is 36.7. The van der Waals surface area contributed by atoms with E-state index in [-0.39, 0.29) is 23.3 Å². The average Bonchev–Trinajstić information content (AvgIpc) is 3.51. The fraction of sp³-hybridized carbons (Fsp3) is 0.565. The molecule has 1 saturated heterocycles. The number of hydrogen-bond donors (Lipinski definition) is 0. The van der Waals surface area contributed by atoms with Gasteiger partial charge in [0, 0.05) is 30.0 Å². The molecule has 52 heavy (non-hydrogen) atoms. The molecule has 3 aromatic carbocycles. The number of hydrogen-bond acceptors (Lipinski definition) is 5.